The third-order valence-corrected chi connectivity index (χ3v) is 3.42. The van der Waals surface area contributed by atoms with Gasteiger partial charge < -0.3 is 15.7 Å². The fourth-order valence-electron chi connectivity index (χ4n) is 1.76. The molecular weight excluding hydrogens is 294 g/mol. The summed E-state index contributed by atoms with van der Waals surface area (Å²) in [5, 5.41) is 16.5. The molecule has 0 radical (unpaired) electrons. The molecule has 1 rings (SSSR count). The Morgan fingerprint density at radius 3 is 2.67 bits per heavy atom. The van der Waals surface area contributed by atoms with Crippen LogP contribution in [0.3, 0.4) is 0 Å². The molecule has 0 saturated carbocycles. The summed E-state index contributed by atoms with van der Waals surface area (Å²) in [6, 6.07) is 5.72. The van der Waals surface area contributed by atoms with E-state index in [-0.39, 0.29) is 12.4 Å². The highest BCUT2D eigenvalue weighted by atomic mass is 79.9. The summed E-state index contributed by atoms with van der Waals surface area (Å²) < 4.78 is 0.812. The van der Waals surface area contributed by atoms with E-state index in [1.165, 1.54) is 0 Å². The molecular formula is C13H20BrN3O. The van der Waals surface area contributed by atoms with Crippen LogP contribution in [-0.2, 0) is 0 Å². The van der Waals surface area contributed by atoms with Gasteiger partial charge in [-0.3, -0.25) is 5.41 Å². The lowest BCUT2D eigenvalue weighted by Crippen LogP contribution is -2.27. The van der Waals surface area contributed by atoms with Gasteiger partial charge in [-0.15, -0.1) is 0 Å². The highest BCUT2D eigenvalue weighted by Gasteiger charge is 2.09. The summed E-state index contributed by atoms with van der Waals surface area (Å²) in [4.78, 5) is 2.14. The number of amidine groups is 1. The molecule has 0 aliphatic heterocycles. The van der Waals surface area contributed by atoms with Gasteiger partial charge in [-0.1, -0.05) is 13.3 Å². The van der Waals surface area contributed by atoms with Gasteiger partial charge >= 0.3 is 0 Å². The second-order valence-electron chi connectivity index (χ2n) is 4.14. The van der Waals surface area contributed by atoms with Crippen molar-refractivity contribution in [2.75, 3.05) is 24.6 Å². The third kappa shape index (κ3) is 3.99. The number of aliphatic hydroxyl groups excluding tert-OH is 1. The molecule has 0 heterocycles. The number of nitrogen functional groups attached to an aromatic ring is 1. The summed E-state index contributed by atoms with van der Waals surface area (Å²) in [7, 11) is 0. The monoisotopic (exact) mass is 313 g/mol. The van der Waals surface area contributed by atoms with E-state index >= 15 is 0 Å². The lowest BCUT2D eigenvalue weighted by atomic mass is 10.1. The van der Waals surface area contributed by atoms with Crippen molar-refractivity contribution in [2.45, 2.75) is 19.8 Å². The number of benzene rings is 1. The van der Waals surface area contributed by atoms with Crippen molar-refractivity contribution in [3.63, 3.8) is 0 Å². The minimum atomic E-state index is 0.0516. The molecule has 0 atom stereocenters. The van der Waals surface area contributed by atoms with Crippen molar-refractivity contribution in [1.29, 1.82) is 5.41 Å². The molecule has 100 valence electrons. The van der Waals surface area contributed by atoms with Crippen molar-refractivity contribution in [1.82, 2.24) is 0 Å². The van der Waals surface area contributed by atoms with E-state index in [2.05, 4.69) is 27.8 Å². The first kappa shape index (κ1) is 15.0. The Kier molecular flexibility index (Phi) is 6.15. The molecule has 0 bridgehead atoms. The topological polar surface area (TPSA) is 73.3 Å². The van der Waals surface area contributed by atoms with Crippen LogP contribution in [-0.4, -0.2) is 30.6 Å². The predicted molar refractivity (Wildman–Crippen MR) is 79.4 cm³/mol. The second kappa shape index (κ2) is 7.38. The number of hydrogen-bond donors (Lipinski definition) is 3. The van der Waals surface area contributed by atoms with Crippen LogP contribution in [0.25, 0.3) is 0 Å². The normalized spacial score (nSPS) is 10.4. The van der Waals surface area contributed by atoms with Crippen molar-refractivity contribution in [3.8, 4) is 0 Å². The van der Waals surface area contributed by atoms with Gasteiger partial charge in [-0.2, -0.15) is 0 Å². The van der Waals surface area contributed by atoms with Gasteiger partial charge in [-0.05, 0) is 40.5 Å². The molecule has 0 amide bonds. The lowest BCUT2D eigenvalue weighted by molar-refractivity contribution is 0.301. The zero-order chi connectivity index (χ0) is 13.5. The number of halogens is 1. The number of rotatable bonds is 7. The van der Waals surface area contributed by atoms with E-state index in [0.29, 0.717) is 12.1 Å². The van der Waals surface area contributed by atoms with E-state index in [1.807, 2.05) is 18.2 Å². The van der Waals surface area contributed by atoms with Gasteiger partial charge in [0.05, 0.1) is 6.61 Å². The van der Waals surface area contributed by atoms with Crippen LogP contribution < -0.4 is 10.6 Å². The summed E-state index contributed by atoms with van der Waals surface area (Å²) in [6.45, 7) is 3.82. The number of anilines is 1. The van der Waals surface area contributed by atoms with Crippen LogP contribution in [0, 0.1) is 5.41 Å². The number of unbranched alkanes of at least 4 members (excludes halogenated alkanes) is 1. The smallest absolute Gasteiger partial charge is 0.123 e. The van der Waals surface area contributed by atoms with E-state index < -0.39 is 0 Å². The Labute approximate surface area is 116 Å². The molecule has 0 saturated heterocycles. The number of nitrogens with two attached hydrogens (primary N) is 1. The number of nitrogens with one attached hydrogen (secondary N) is 1. The molecule has 4 nitrogen and oxygen atoms in total. The Morgan fingerprint density at radius 2 is 2.17 bits per heavy atom. The summed E-state index contributed by atoms with van der Waals surface area (Å²) in [5.74, 6) is 0.0516. The Bertz CT molecular complexity index is 409. The van der Waals surface area contributed by atoms with Crippen molar-refractivity contribution >= 4 is 27.5 Å². The molecule has 0 aliphatic carbocycles. The molecule has 5 heteroatoms. The van der Waals surface area contributed by atoms with Crippen molar-refractivity contribution in [3.05, 3.63) is 28.2 Å². The van der Waals surface area contributed by atoms with Gasteiger partial charge in [-0.25, -0.2) is 0 Å². The molecule has 0 fully saturated rings. The zero-order valence-electron chi connectivity index (χ0n) is 10.6. The minimum absolute atomic E-state index is 0.0516. The SMILES string of the molecule is CCCCN(CCO)c1ccc(C(=N)N)c(Br)c1. The number of aliphatic hydroxyl groups is 1. The molecule has 0 unspecified atom stereocenters. The first-order valence-corrected chi connectivity index (χ1v) is 6.89. The summed E-state index contributed by atoms with van der Waals surface area (Å²) in [5.41, 5.74) is 7.21. The fourth-order valence-corrected chi connectivity index (χ4v) is 2.34. The zero-order valence-corrected chi connectivity index (χ0v) is 12.2. The summed E-state index contributed by atoms with van der Waals surface area (Å²) >= 11 is 3.43. The lowest BCUT2D eigenvalue weighted by Gasteiger charge is -2.24. The molecule has 1 aromatic carbocycles. The Morgan fingerprint density at radius 1 is 1.44 bits per heavy atom. The van der Waals surface area contributed by atoms with Crippen molar-refractivity contribution < 1.29 is 5.11 Å². The standard InChI is InChI=1S/C13H20BrN3O/c1-2-3-6-17(7-8-18)10-4-5-11(13(15)16)12(14)9-10/h4-5,9,18H,2-3,6-8H2,1H3,(H3,15,16). The van der Waals surface area contributed by atoms with Gasteiger partial charge in [0.2, 0.25) is 0 Å². The molecule has 1 aromatic rings. The van der Waals surface area contributed by atoms with E-state index in [9.17, 15) is 0 Å². The van der Waals surface area contributed by atoms with Gasteiger partial charge in [0.15, 0.2) is 0 Å². The van der Waals surface area contributed by atoms with Crippen molar-refractivity contribution in [2.24, 2.45) is 5.73 Å². The largest absolute Gasteiger partial charge is 0.395 e. The maximum absolute atomic E-state index is 9.10. The van der Waals surface area contributed by atoms with Crippen LogP contribution in [0.15, 0.2) is 22.7 Å². The molecule has 0 aliphatic rings. The van der Waals surface area contributed by atoms with Crippen LogP contribution >= 0.6 is 15.9 Å². The van der Waals surface area contributed by atoms with E-state index in [4.69, 9.17) is 16.2 Å². The molecule has 4 N–H and O–H groups in total. The van der Waals surface area contributed by atoms with Gasteiger partial charge in [0.25, 0.3) is 0 Å². The maximum atomic E-state index is 9.10. The van der Waals surface area contributed by atoms with Gasteiger partial charge in [0, 0.05) is 28.8 Å². The minimum Gasteiger partial charge on any atom is -0.395 e. The number of nitrogens with zero attached hydrogens (tertiary/aromatic N) is 1. The average Bonchev–Trinajstić information content (AvgIpc) is 2.33. The second-order valence-corrected chi connectivity index (χ2v) is 5.00. The van der Waals surface area contributed by atoms with Crippen LogP contribution in [0.4, 0.5) is 5.69 Å². The quantitative estimate of drug-likeness (QED) is 0.534. The molecule has 18 heavy (non-hydrogen) atoms. The third-order valence-electron chi connectivity index (χ3n) is 2.76. The Balaban J connectivity index is 2.91. The highest BCUT2D eigenvalue weighted by Crippen LogP contribution is 2.24. The van der Waals surface area contributed by atoms with Crippen LogP contribution in [0.2, 0.25) is 0 Å². The van der Waals surface area contributed by atoms with E-state index in [1.54, 1.807) is 0 Å². The number of hydrogen-bond acceptors (Lipinski definition) is 3. The molecule has 0 spiro atoms. The Hall–Kier alpha value is -1.07. The maximum Gasteiger partial charge on any atom is 0.123 e. The highest BCUT2D eigenvalue weighted by molar-refractivity contribution is 9.10. The summed E-state index contributed by atoms with van der Waals surface area (Å²) in [6.07, 6.45) is 2.21. The van der Waals surface area contributed by atoms with Crippen LogP contribution in [0.5, 0.6) is 0 Å². The first-order chi connectivity index (χ1) is 8.60. The fraction of sp³-hybridized carbons (Fsp3) is 0.462. The van der Waals surface area contributed by atoms with Gasteiger partial charge in [0.1, 0.15) is 5.84 Å². The molecule has 0 aromatic heterocycles. The van der Waals surface area contributed by atoms with E-state index in [0.717, 1.165) is 29.5 Å². The predicted octanol–water partition coefficient (Wildman–Crippen LogP) is 2.33. The van der Waals surface area contributed by atoms with Crippen LogP contribution in [0.1, 0.15) is 25.3 Å². The first-order valence-electron chi connectivity index (χ1n) is 6.10. The average molecular weight is 314 g/mol.